The monoisotopic (exact) mass is 193 g/mol. The lowest BCUT2D eigenvalue weighted by atomic mass is 10.3. The Morgan fingerprint density at radius 1 is 1.21 bits per heavy atom. The van der Waals surface area contributed by atoms with Gasteiger partial charge in [0, 0.05) is 26.3 Å². The minimum Gasteiger partial charge on any atom is -0.358 e. The molecule has 3 heteroatoms. The molecule has 0 saturated heterocycles. The molecule has 0 saturated carbocycles. The summed E-state index contributed by atoms with van der Waals surface area (Å²) in [6, 6.07) is 4.12. The van der Waals surface area contributed by atoms with Gasteiger partial charge in [0.25, 0.3) is 0 Å². The highest BCUT2D eigenvalue weighted by atomic mass is 15.2. The molecule has 0 spiro atoms. The fourth-order valence-corrected chi connectivity index (χ4v) is 1.19. The lowest BCUT2D eigenvalue weighted by Gasteiger charge is -2.20. The quantitative estimate of drug-likeness (QED) is 0.720. The number of aryl methyl sites for hydroxylation is 1. The molecule has 0 aliphatic heterocycles. The largest absolute Gasteiger partial charge is 0.358 e. The zero-order chi connectivity index (χ0) is 10.6. The molecule has 0 aliphatic carbocycles. The molecule has 1 heterocycles. The summed E-state index contributed by atoms with van der Waals surface area (Å²) in [4.78, 5) is 8.67. The van der Waals surface area contributed by atoms with E-state index in [0.29, 0.717) is 0 Å². The molecule has 0 unspecified atom stereocenters. The number of hydrogen-bond donors (Lipinski definition) is 0. The normalized spacial score (nSPS) is 10.6. The first-order chi connectivity index (χ1) is 6.59. The Balaban J connectivity index is 2.56. The van der Waals surface area contributed by atoms with Gasteiger partial charge in [0.2, 0.25) is 0 Å². The van der Waals surface area contributed by atoms with Gasteiger partial charge in [0.15, 0.2) is 0 Å². The predicted octanol–water partition coefficient (Wildman–Crippen LogP) is 1.39. The summed E-state index contributed by atoms with van der Waals surface area (Å²) in [7, 11) is 6.24. The summed E-state index contributed by atoms with van der Waals surface area (Å²) < 4.78 is 0. The van der Waals surface area contributed by atoms with Crippen LogP contribution in [0.1, 0.15) is 5.56 Å². The average Bonchev–Trinajstić information content (AvgIpc) is 2.14. The van der Waals surface area contributed by atoms with E-state index in [-0.39, 0.29) is 0 Å². The molecule has 3 nitrogen and oxygen atoms in total. The maximum absolute atomic E-state index is 4.32. The van der Waals surface area contributed by atoms with E-state index in [4.69, 9.17) is 0 Å². The highest BCUT2D eigenvalue weighted by molar-refractivity contribution is 5.39. The third-order valence-corrected chi connectivity index (χ3v) is 2.17. The van der Waals surface area contributed by atoms with Crippen molar-refractivity contribution in [1.82, 2.24) is 9.88 Å². The summed E-state index contributed by atoms with van der Waals surface area (Å²) in [5.74, 6) is 1.05. The maximum Gasteiger partial charge on any atom is 0.128 e. The van der Waals surface area contributed by atoms with Crippen molar-refractivity contribution in [2.45, 2.75) is 6.92 Å². The third kappa shape index (κ3) is 3.34. The van der Waals surface area contributed by atoms with Crippen LogP contribution >= 0.6 is 0 Å². The highest BCUT2D eigenvalue weighted by Crippen LogP contribution is 2.09. The Kier molecular flexibility index (Phi) is 3.89. The first-order valence-electron chi connectivity index (χ1n) is 4.88. The minimum atomic E-state index is 1.00. The number of likely N-dealkylation sites (N-methyl/N-ethyl adjacent to an activating group) is 2. The number of rotatable bonds is 4. The highest BCUT2D eigenvalue weighted by Gasteiger charge is 2.01. The molecule has 1 aromatic rings. The number of hydrogen-bond acceptors (Lipinski definition) is 3. The number of aromatic nitrogens is 1. The molecule has 1 aromatic heterocycles. The van der Waals surface area contributed by atoms with Crippen molar-refractivity contribution in [1.29, 1.82) is 0 Å². The molecule has 0 aliphatic rings. The second-order valence-corrected chi connectivity index (χ2v) is 3.92. The molecule has 0 N–H and O–H groups in total. The van der Waals surface area contributed by atoms with Crippen molar-refractivity contribution in [3.05, 3.63) is 23.9 Å². The van der Waals surface area contributed by atoms with Crippen LogP contribution in [0.3, 0.4) is 0 Å². The fourth-order valence-electron chi connectivity index (χ4n) is 1.19. The smallest absolute Gasteiger partial charge is 0.128 e. The zero-order valence-corrected chi connectivity index (χ0v) is 9.49. The van der Waals surface area contributed by atoms with Gasteiger partial charge in [0.1, 0.15) is 5.82 Å². The number of anilines is 1. The minimum absolute atomic E-state index is 1.00. The SMILES string of the molecule is Cc1ccnc(N(C)CCN(C)C)c1. The summed E-state index contributed by atoms with van der Waals surface area (Å²) in [5.41, 5.74) is 1.26. The Hall–Kier alpha value is -1.09. The van der Waals surface area contributed by atoms with Crippen LogP contribution in [-0.4, -0.2) is 44.1 Å². The fraction of sp³-hybridized carbons (Fsp3) is 0.545. The summed E-state index contributed by atoms with van der Waals surface area (Å²) >= 11 is 0. The van der Waals surface area contributed by atoms with Crippen LogP contribution in [0.5, 0.6) is 0 Å². The van der Waals surface area contributed by atoms with Crippen molar-refractivity contribution in [3.8, 4) is 0 Å². The van der Waals surface area contributed by atoms with E-state index in [9.17, 15) is 0 Å². The van der Waals surface area contributed by atoms with E-state index < -0.39 is 0 Å². The van der Waals surface area contributed by atoms with Crippen LogP contribution in [0.25, 0.3) is 0 Å². The predicted molar refractivity (Wildman–Crippen MR) is 60.8 cm³/mol. The van der Waals surface area contributed by atoms with E-state index in [0.717, 1.165) is 18.9 Å². The first-order valence-corrected chi connectivity index (χ1v) is 4.88. The zero-order valence-electron chi connectivity index (χ0n) is 9.49. The second-order valence-electron chi connectivity index (χ2n) is 3.92. The van der Waals surface area contributed by atoms with Crippen LogP contribution < -0.4 is 4.90 Å². The molecule has 0 atom stereocenters. The van der Waals surface area contributed by atoms with Crippen molar-refractivity contribution >= 4 is 5.82 Å². The third-order valence-electron chi connectivity index (χ3n) is 2.17. The standard InChI is InChI=1S/C11H19N3/c1-10-5-6-12-11(9-10)14(4)8-7-13(2)3/h5-6,9H,7-8H2,1-4H3. The van der Waals surface area contributed by atoms with Crippen molar-refractivity contribution in [2.24, 2.45) is 0 Å². The van der Waals surface area contributed by atoms with Gasteiger partial charge >= 0.3 is 0 Å². The van der Waals surface area contributed by atoms with Crippen LogP contribution in [-0.2, 0) is 0 Å². The topological polar surface area (TPSA) is 19.4 Å². The molecule has 0 aromatic carbocycles. The van der Waals surface area contributed by atoms with Crippen LogP contribution in [0.4, 0.5) is 5.82 Å². The average molecular weight is 193 g/mol. The Bertz CT molecular complexity index is 284. The van der Waals surface area contributed by atoms with Crippen molar-refractivity contribution in [2.75, 3.05) is 39.1 Å². The Morgan fingerprint density at radius 2 is 1.93 bits per heavy atom. The van der Waals surface area contributed by atoms with Gasteiger partial charge in [-0.05, 0) is 38.7 Å². The molecule has 0 amide bonds. The second kappa shape index (κ2) is 4.96. The van der Waals surface area contributed by atoms with Gasteiger partial charge in [0.05, 0.1) is 0 Å². The van der Waals surface area contributed by atoms with Crippen molar-refractivity contribution in [3.63, 3.8) is 0 Å². The summed E-state index contributed by atoms with van der Waals surface area (Å²) in [6.07, 6.45) is 1.86. The lowest BCUT2D eigenvalue weighted by Crippen LogP contribution is -2.28. The molecule has 1 rings (SSSR count). The molecule has 0 radical (unpaired) electrons. The molecule has 0 bridgehead atoms. The van der Waals surface area contributed by atoms with E-state index in [1.807, 2.05) is 12.3 Å². The van der Waals surface area contributed by atoms with E-state index >= 15 is 0 Å². The van der Waals surface area contributed by atoms with E-state index in [1.165, 1.54) is 5.56 Å². The molecular weight excluding hydrogens is 174 g/mol. The van der Waals surface area contributed by atoms with Gasteiger partial charge in [-0.3, -0.25) is 0 Å². The van der Waals surface area contributed by atoms with Crippen LogP contribution in [0.15, 0.2) is 18.3 Å². The molecular formula is C11H19N3. The maximum atomic E-state index is 4.32. The summed E-state index contributed by atoms with van der Waals surface area (Å²) in [6.45, 7) is 4.14. The molecule has 78 valence electrons. The van der Waals surface area contributed by atoms with Crippen LogP contribution in [0.2, 0.25) is 0 Å². The van der Waals surface area contributed by atoms with Gasteiger partial charge < -0.3 is 9.80 Å². The van der Waals surface area contributed by atoms with Crippen molar-refractivity contribution < 1.29 is 0 Å². The molecule has 0 fully saturated rings. The Morgan fingerprint density at radius 3 is 2.50 bits per heavy atom. The van der Waals surface area contributed by atoms with Gasteiger partial charge in [-0.15, -0.1) is 0 Å². The van der Waals surface area contributed by atoms with E-state index in [2.05, 4.69) is 48.9 Å². The number of pyridine rings is 1. The number of nitrogens with zero attached hydrogens (tertiary/aromatic N) is 3. The van der Waals surface area contributed by atoms with Gasteiger partial charge in [-0.25, -0.2) is 4.98 Å². The lowest BCUT2D eigenvalue weighted by molar-refractivity contribution is 0.416. The Labute approximate surface area is 86.4 Å². The van der Waals surface area contributed by atoms with Crippen LogP contribution in [0, 0.1) is 6.92 Å². The van der Waals surface area contributed by atoms with Gasteiger partial charge in [-0.2, -0.15) is 0 Å². The first kappa shape index (κ1) is 11.0. The molecule has 14 heavy (non-hydrogen) atoms. The van der Waals surface area contributed by atoms with E-state index in [1.54, 1.807) is 0 Å². The van der Waals surface area contributed by atoms with Gasteiger partial charge in [-0.1, -0.05) is 0 Å². The summed E-state index contributed by atoms with van der Waals surface area (Å²) in [5, 5.41) is 0.